The minimum Gasteiger partial charge on any atom is -0.381 e. The number of alkyl halides is 1. The molecule has 0 atom stereocenters. The van der Waals surface area contributed by atoms with Crippen molar-refractivity contribution < 1.29 is 4.74 Å². The fourth-order valence-electron chi connectivity index (χ4n) is 1.76. The summed E-state index contributed by atoms with van der Waals surface area (Å²) >= 11 is 3.42. The fraction of sp³-hybridized carbons (Fsp3) is 0.600. The molecule has 0 bridgehead atoms. The van der Waals surface area contributed by atoms with Gasteiger partial charge in [0, 0.05) is 18.5 Å². The van der Waals surface area contributed by atoms with Crippen molar-refractivity contribution in [3.8, 4) is 0 Å². The lowest BCUT2D eigenvalue weighted by molar-refractivity contribution is 0.127. The van der Waals surface area contributed by atoms with Gasteiger partial charge in [0.1, 0.15) is 0 Å². The van der Waals surface area contributed by atoms with Crippen molar-refractivity contribution in [1.82, 2.24) is 0 Å². The van der Waals surface area contributed by atoms with E-state index in [0.717, 1.165) is 18.5 Å². The molecule has 0 saturated heterocycles. The Hall–Kier alpha value is -0.340. The number of ether oxygens (including phenoxy) is 1. The Morgan fingerprint density at radius 2 is 1.53 bits per heavy atom. The summed E-state index contributed by atoms with van der Waals surface area (Å²) in [5.74, 6) is 0. The van der Waals surface area contributed by atoms with E-state index in [0.29, 0.717) is 0 Å². The molecule has 2 heteroatoms. The normalized spacial score (nSPS) is 10.6. The van der Waals surface area contributed by atoms with Crippen LogP contribution in [0.3, 0.4) is 0 Å². The Balaban J connectivity index is 1.85. The molecule has 0 fully saturated rings. The molecule has 0 heterocycles. The summed E-state index contributed by atoms with van der Waals surface area (Å²) in [4.78, 5) is 0. The molecule has 0 unspecified atom stereocenters. The van der Waals surface area contributed by atoms with E-state index in [-0.39, 0.29) is 0 Å². The van der Waals surface area contributed by atoms with Gasteiger partial charge in [-0.05, 0) is 37.7 Å². The molecule has 0 spiro atoms. The highest BCUT2D eigenvalue weighted by molar-refractivity contribution is 9.09. The van der Waals surface area contributed by atoms with E-state index >= 15 is 0 Å². The van der Waals surface area contributed by atoms with Crippen LogP contribution in [-0.2, 0) is 11.2 Å². The summed E-state index contributed by atoms with van der Waals surface area (Å²) in [5.41, 5.74) is 1.45. The van der Waals surface area contributed by atoms with Gasteiger partial charge in [-0.2, -0.15) is 0 Å². The van der Waals surface area contributed by atoms with Gasteiger partial charge < -0.3 is 4.74 Å². The van der Waals surface area contributed by atoms with E-state index < -0.39 is 0 Å². The largest absolute Gasteiger partial charge is 0.381 e. The van der Waals surface area contributed by atoms with Gasteiger partial charge in [-0.25, -0.2) is 0 Å². The lowest BCUT2D eigenvalue weighted by Crippen LogP contribution is -1.97. The molecule has 0 aliphatic carbocycles. The van der Waals surface area contributed by atoms with Crippen LogP contribution in [-0.4, -0.2) is 18.5 Å². The van der Waals surface area contributed by atoms with Crippen LogP contribution in [0.15, 0.2) is 30.3 Å². The van der Waals surface area contributed by atoms with Crippen molar-refractivity contribution in [3.05, 3.63) is 35.9 Å². The first-order valence-electron chi connectivity index (χ1n) is 6.61. The van der Waals surface area contributed by atoms with E-state index in [4.69, 9.17) is 4.74 Å². The Morgan fingerprint density at radius 3 is 2.24 bits per heavy atom. The highest BCUT2D eigenvalue weighted by atomic mass is 79.9. The molecule has 0 saturated carbocycles. The van der Waals surface area contributed by atoms with Gasteiger partial charge in [-0.1, -0.05) is 52.7 Å². The van der Waals surface area contributed by atoms with Crippen LogP contribution in [0.2, 0.25) is 0 Å². The van der Waals surface area contributed by atoms with Gasteiger partial charge in [0.15, 0.2) is 0 Å². The molecule has 1 aromatic rings. The van der Waals surface area contributed by atoms with Crippen LogP contribution in [0.5, 0.6) is 0 Å². The smallest absolute Gasteiger partial charge is 0.0466 e. The number of hydrogen-bond acceptors (Lipinski definition) is 1. The molecule has 1 nitrogen and oxygen atoms in total. The number of halogens is 1. The molecule has 1 aromatic carbocycles. The zero-order valence-corrected chi connectivity index (χ0v) is 12.1. The molecular formula is C15H23BrO. The monoisotopic (exact) mass is 298 g/mol. The molecule has 1 rings (SSSR count). The summed E-state index contributed by atoms with van der Waals surface area (Å²) in [6.45, 7) is 1.85. The summed E-state index contributed by atoms with van der Waals surface area (Å²) in [7, 11) is 0. The summed E-state index contributed by atoms with van der Waals surface area (Å²) in [6, 6.07) is 10.7. The topological polar surface area (TPSA) is 9.23 Å². The quantitative estimate of drug-likeness (QED) is 0.453. The van der Waals surface area contributed by atoms with Crippen molar-refractivity contribution in [2.24, 2.45) is 0 Å². The van der Waals surface area contributed by atoms with Gasteiger partial charge in [0.2, 0.25) is 0 Å². The minimum absolute atomic E-state index is 0.921. The Morgan fingerprint density at radius 1 is 0.824 bits per heavy atom. The van der Waals surface area contributed by atoms with Crippen LogP contribution in [0, 0.1) is 0 Å². The maximum Gasteiger partial charge on any atom is 0.0466 e. The first kappa shape index (κ1) is 14.7. The van der Waals surface area contributed by atoms with E-state index in [1.807, 2.05) is 0 Å². The van der Waals surface area contributed by atoms with Gasteiger partial charge in [-0.3, -0.25) is 0 Å². The molecule has 0 aliphatic heterocycles. The zero-order chi connectivity index (χ0) is 12.2. The van der Waals surface area contributed by atoms with Crippen molar-refractivity contribution in [1.29, 1.82) is 0 Å². The van der Waals surface area contributed by atoms with Crippen molar-refractivity contribution in [3.63, 3.8) is 0 Å². The molecule has 0 amide bonds. The summed E-state index contributed by atoms with van der Waals surface area (Å²) < 4.78 is 5.57. The Labute approximate surface area is 114 Å². The number of benzene rings is 1. The molecular weight excluding hydrogens is 276 g/mol. The van der Waals surface area contributed by atoms with E-state index in [1.165, 1.54) is 44.1 Å². The van der Waals surface area contributed by atoms with Gasteiger partial charge in [-0.15, -0.1) is 0 Å². The average molecular weight is 299 g/mol. The molecule has 0 aromatic heterocycles. The maximum atomic E-state index is 5.57. The molecule has 0 N–H and O–H groups in total. The first-order chi connectivity index (χ1) is 8.43. The third-order valence-electron chi connectivity index (χ3n) is 2.77. The SMILES string of the molecule is BrCCCCOCCCCCc1ccccc1. The first-order valence-corrected chi connectivity index (χ1v) is 7.73. The number of hydrogen-bond donors (Lipinski definition) is 0. The van der Waals surface area contributed by atoms with Gasteiger partial charge >= 0.3 is 0 Å². The highest BCUT2D eigenvalue weighted by Crippen LogP contribution is 2.06. The van der Waals surface area contributed by atoms with Crippen LogP contribution >= 0.6 is 15.9 Å². The minimum atomic E-state index is 0.921. The third-order valence-corrected chi connectivity index (χ3v) is 3.33. The Bertz CT molecular complexity index is 261. The van der Waals surface area contributed by atoms with Gasteiger partial charge in [0.05, 0.1) is 0 Å². The Kier molecular flexibility index (Phi) is 9.34. The highest BCUT2D eigenvalue weighted by Gasteiger charge is 1.93. The van der Waals surface area contributed by atoms with Gasteiger partial charge in [0.25, 0.3) is 0 Å². The molecule has 0 aliphatic rings. The van der Waals surface area contributed by atoms with Crippen LogP contribution in [0.1, 0.15) is 37.7 Å². The second-order valence-corrected chi connectivity index (χ2v) is 5.10. The number of unbranched alkanes of at least 4 members (excludes halogenated alkanes) is 3. The molecule has 96 valence electrons. The van der Waals surface area contributed by atoms with Crippen LogP contribution in [0.4, 0.5) is 0 Å². The second kappa shape index (κ2) is 10.8. The standard InChI is InChI=1S/C15H23BrO/c16-12-6-8-14-17-13-7-2-5-11-15-9-3-1-4-10-15/h1,3-4,9-10H,2,5-8,11-14H2. The predicted molar refractivity (Wildman–Crippen MR) is 77.8 cm³/mol. The zero-order valence-electron chi connectivity index (χ0n) is 10.5. The predicted octanol–water partition coefficient (Wildman–Crippen LogP) is 4.59. The third kappa shape index (κ3) is 8.39. The van der Waals surface area contributed by atoms with Crippen molar-refractivity contribution in [2.75, 3.05) is 18.5 Å². The van der Waals surface area contributed by atoms with Crippen molar-refractivity contribution >= 4 is 15.9 Å². The molecule has 0 radical (unpaired) electrons. The van der Waals surface area contributed by atoms with E-state index in [9.17, 15) is 0 Å². The number of rotatable bonds is 10. The lowest BCUT2D eigenvalue weighted by atomic mass is 10.1. The average Bonchev–Trinajstić information content (AvgIpc) is 2.38. The maximum absolute atomic E-state index is 5.57. The van der Waals surface area contributed by atoms with Crippen LogP contribution in [0.25, 0.3) is 0 Å². The summed E-state index contributed by atoms with van der Waals surface area (Å²) in [6.07, 6.45) is 7.33. The lowest BCUT2D eigenvalue weighted by Gasteiger charge is -2.04. The molecule has 17 heavy (non-hydrogen) atoms. The van der Waals surface area contributed by atoms with E-state index in [2.05, 4.69) is 46.3 Å². The van der Waals surface area contributed by atoms with E-state index in [1.54, 1.807) is 0 Å². The summed E-state index contributed by atoms with van der Waals surface area (Å²) in [5, 5.41) is 1.09. The van der Waals surface area contributed by atoms with Crippen molar-refractivity contribution in [2.45, 2.75) is 38.5 Å². The fourth-order valence-corrected chi connectivity index (χ4v) is 2.15. The second-order valence-electron chi connectivity index (χ2n) is 4.30. The number of aryl methyl sites for hydroxylation is 1. The van der Waals surface area contributed by atoms with Crippen LogP contribution < -0.4 is 0 Å².